The smallest absolute Gasteiger partial charge is 0.345 e. The average Bonchev–Trinajstić information content (AvgIpc) is 2.88. The van der Waals surface area contributed by atoms with Crippen molar-refractivity contribution in [2.45, 2.75) is 38.2 Å². The Morgan fingerprint density at radius 2 is 2.16 bits per heavy atom. The Bertz CT molecular complexity index is 518. The summed E-state index contributed by atoms with van der Waals surface area (Å²) >= 11 is 0. The van der Waals surface area contributed by atoms with Gasteiger partial charge in [0, 0.05) is 13.3 Å². The maximum Gasteiger partial charge on any atom is 0.345 e. The monoisotopic (exact) mass is 266 g/mol. The fourth-order valence-corrected chi connectivity index (χ4v) is 2.46. The minimum atomic E-state index is -0.652. The van der Waals surface area contributed by atoms with Crippen LogP contribution < -0.4 is 5.56 Å². The van der Waals surface area contributed by atoms with Gasteiger partial charge < -0.3 is 14.5 Å². The van der Waals surface area contributed by atoms with Gasteiger partial charge in [-0.1, -0.05) is 0 Å². The van der Waals surface area contributed by atoms with Crippen LogP contribution in [0.4, 0.5) is 0 Å². The number of aromatic amines is 1. The molecule has 104 valence electrons. The van der Waals surface area contributed by atoms with E-state index in [0.29, 0.717) is 5.82 Å². The van der Waals surface area contributed by atoms with Gasteiger partial charge in [0.15, 0.2) is 0 Å². The van der Waals surface area contributed by atoms with Crippen LogP contribution in [0.5, 0.6) is 0 Å². The molecule has 1 aromatic heterocycles. The van der Waals surface area contributed by atoms with Crippen LogP contribution in [0.25, 0.3) is 0 Å². The summed E-state index contributed by atoms with van der Waals surface area (Å²) in [4.78, 5) is 30.3. The van der Waals surface area contributed by atoms with Crippen molar-refractivity contribution in [3.63, 3.8) is 0 Å². The first-order chi connectivity index (χ1) is 9.13. The van der Waals surface area contributed by atoms with Gasteiger partial charge in [-0.2, -0.15) is 0 Å². The van der Waals surface area contributed by atoms with Crippen molar-refractivity contribution in [1.82, 2.24) is 9.97 Å². The van der Waals surface area contributed by atoms with E-state index in [1.165, 1.54) is 6.20 Å². The maximum absolute atomic E-state index is 11.9. The zero-order valence-corrected chi connectivity index (χ0v) is 11.2. The molecule has 0 atom stereocenters. The molecule has 0 aromatic carbocycles. The first-order valence-electron chi connectivity index (χ1n) is 6.45. The predicted molar refractivity (Wildman–Crippen MR) is 68.0 cm³/mol. The molecule has 1 aromatic rings. The van der Waals surface area contributed by atoms with Crippen LogP contribution in [-0.4, -0.2) is 29.7 Å². The van der Waals surface area contributed by atoms with Crippen molar-refractivity contribution < 1.29 is 14.3 Å². The molecule has 0 amide bonds. The van der Waals surface area contributed by atoms with E-state index in [0.717, 1.165) is 25.7 Å². The van der Waals surface area contributed by atoms with Gasteiger partial charge in [0.2, 0.25) is 0 Å². The number of ether oxygens (including phenoxy) is 2. The number of methoxy groups -OCH3 is 1. The molecule has 0 aliphatic heterocycles. The molecule has 0 saturated heterocycles. The molecule has 0 unspecified atom stereocenters. The molecule has 1 heterocycles. The Labute approximate surface area is 111 Å². The molecule has 6 heteroatoms. The summed E-state index contributed by atoms with van der Waals surface area (Å²) in [6, 6.07) is 0. The number of esters is 1. The Kier molecular flexibility index (Phi) is 3.99. The summed E-state index contributed by atoms with van der Waals surface area (Å²) in [5.41, 5.74) is -1.08. The topological polar surface area (TPSA) is 81.3 Å². The van der Waals surface area contributed by atoms with Crippen LogP contribution >= 0.6 is 0 Å². The minimum absolute atomic E-state index is 0.0742. The van der Waals surface area contributed by atoms with E-state index in [1.807, 2.05) is 0 Å². The Morgan fingerprint density at radius 3 is 2.68 bits per heavy atom. The second-order valence-corrected chi connectivity index (χ2v) is 4.60. The van der Waals surface area contributed by atoms with E-state index in [2.05, 4.69) is 9.97 Å². The van der Waals surface area contributed by atoms with Crippen LogP contribution in [0.3, 0.4) is 0 Å². The molecule has 1 fully saturated rings. The van der Waals surface area contributed by atoms with E-state index in [4.69, 9.17) is 9.47 Å². The standard InChI is InChI=1S/C13H18N2O4/c1-3-19-11(17)9-8-14-12(15-10(9)16)13(18-2)6-4-5-7-13/h8H,3-7H2,1-2H3,(H,14,15,16). The van der Waals surface area contributed by atoms with Crippen LogP contribution in [-0.2, 0) is 15.1 Å². The van der Waals surface area contributed by atoms with Crippen molar-refractivity contribution >= 4 is 5.97 Å². The average molecular weight is 266 g/mol. The number of nitrogens with zero attached hydrogens (tertiary/aromatic N) is 1. The largest absolute Gasteiger partial charge is 0.462 e. The molecule has 0 spiro atoms. The van der Waals surface area contributed by atoms with Crippen molar-refractivity contribution in [2.75, 3.05) is 13.7 Å². The lowest BCUT2D eigenvalue weighted by molar-refractivity contribution is -0.0165. The zero-order chi connectivity index (χ0) is 13.9. The first kappa shape index (κ1) is 13.7. The summed E-state index contributed by atoms with van der Waals surface area (Å²) in [6.07, 6.45) is 5.00. The van der Waals surface area contributed by atoms with E-state index < -0.39 is 17.1 Å². The van der Waals surface area contributed by atoms with Gasteiger partial charge in [-0.3, -0.25) is 4.79 Å². The molecule has 1 N–H and O–H groups in total. The predicted octanol–water partition coefficient (Wildman–Crippen LogP) is 1.36. The van der Waals surface area contributed by atoms with Crippen LogP contribution in [0.1, 0.15) is 48.8 Å². The molecule has 1 aliphatic rings. The quantitative estimate of drug-likeness (QED) is 0.832. The highest BCUT2D eigenvalue weighted by Crippen LogP contribution is 2.39. The number of carbonyl (C=O) groups excluding carboxylic acids is 1. The number of rotatable bonds is 4. The van der Waals surface area contributed by atoms with E-state index in [9.17, 15) is 9.59 Å². The Hall–Kier alpha value is -1.69. The third-order valence-electron chi connectivity index (χ3n) is 3.53. The fraction of sp³-hybridized carbons (Fsp3) is 0.615. The second-order valence-electron chi connectivity index (χ2n) is 4.60. The lowest BCUT2D eigenvalue weighted by Crippen LogP contribution is -2.32. The Balaban J connectivity index is 2.33. The molecular weight excluding hydrogens is 248 g/mol. The minimum Gasteiger partial charge on any atom is -0.462 e. The van der Waals surface area contributed by atoms with Crippen molar-refractivity contribution in [3.05, 3.63) is 27.9 Å². The van der Waals surface area contributed by atoms with Gasteiger partial charge in [-0.25, -0.2) is 9.78 Å². The van der Waals surface area contributed by atoms with Crippen LogP contribution in [0.2, 0.25) is 0 Å². The SMILES string of the molecule is CCOC(=O)c1cnc(C2(OC)CCCC2)[nH]c1=O. The summed E-state index contributed by atoms with van der Waals surface area (Å²) < 4.78 is 10.3. The number of H-pyrrole nitrogens is 1. The number of hydrogen-bond acceptors (Lipinski definition) is 5. The molecular formula is C13H18N2O4. The molecule has 2 rings (SSSR count). The van der Waals surface area contributed by atoms with Gasteiger partial charge >= 0.3 is 5.97 Å². The third-order valence-corrected chi connectivity index (χ3v) is 3.53. The summed E-state index contributed by atoms with van der Waals surface area (Å²) in [5.74, 6) is -0.161. The van der Waals surface area contributed by atoms with Crippen molar-refractivity contribution in [2.24, 2.45) is 0 Å². The molecule has 1 saturated carbocycles. The number of aromatic nitrogens is 2. The maximum atomic E-state index is 11.9. The van der Waals surface area contributed by atoms with Crippen LogP contribution in [0.15, 0.2) is 11.0 Å². The van der Waals surface area contributed by atoms with Gasteiger partial charge in [0.05, 0.1) is 6.61 Å². The highest BCUT2D eigenvalue weighted by Gasteiger charge is 2.38. The van der Waals surface area contributed by atoms with Gasteiger partial charge in [-0.05, 0) is 32.6 Å². The number of hydrogen-bond donors (Lipinski definition) is 1. The van der Waals surface area contributed by atoms with Crippen molar-refractivity contribution in [3.8, 4) is 0 Å². The molecule has 19 heavy (non-hydrogen) atoms. The molecule has 1 aliphatic carbocycles. The lowest BCUT2D eigenvalue weighted by atomic mass is 10.0. The van der Waals surface area contributed by atoms with E-state index in [-0.39, 0.29) is 12.2 Å². The fourth-order valence-electron chi connectivity index (χ4n) is 2.46. The van der Waals surface area contributed by atoms with Gasteiger partial charge in [0.1, 0.15) is 17.0 Å². The highest BCUT2D eigenvalue weighted by molar-refractivity contribution is 5.88. The first-order valence-corrected chi connectivity index (χ1v) is 6.45. The van der Waals surface area contributed by atoms with E-state index in [1.54, 1.807) is 14.0 Å². The summed E-state index contributed by atoms with van der Waals surface area (Å²) in [6.45, 7) is 1.91. The summed E-state index contributed by atoms with van der Waals surface area (Å²) in [5, 5.41) is 0. The van der Waals surface area contributed by atoms with Gasteiger partial charge in [0.25, 0.3) is 5.56 Å². The van der Waals surface area contributed by atoms with Gasteiger partial charge in [-0.15, -0.1) is 0 Å². The third kappa shape index (κ3) is 2.53. The second kappa shape index (κ2) is 5.52. The number of carbonyl (C=O) groups is 1. The lowest BCUT2D eigenvalue weighted by Gasteiger charge is -2.25. The normalized spacial score (nSPS) is 17.4. The molecule has 0 bridgehead atoms. The number of nitrogens with one attached hydrogen (secondary N) is 1. The summed E-state index contributed by atoms with van der Waals surface area (Å²) in [7, 11) is 1.62. The highest BCUT2D eigenvalue weighted by atomic mass is 16.5. The zero-order valence-electron chi connectivity index (χ0n) is 11.2. The van der Waals surface area contributed by atoms with Crippen LogP contribution in [0, 0.1) is 0 Å². The molecule has 6 nitrogen and oxygen atoms in total. The van der Waals surface area contributed by atoms with Crippen molar-refractivity contribution in [1.29, 1.82) is 0 Å². The molecule has 0 radical (unpaired) electrons. The van der Waals surface area contributed by atoms with E-state index >= 15 is 0 Å². The Morgan fingerprint density at radius 1 is 1.47 bits per heavy atom.